The maximum absolute atomic E-state index is 14.5. The summed E-state index contributed by atoms with van der Waals surface area (Å²) in [6.45, 7) is -1.16. The first-order valence-electron chi connectivity index (χ1n) is 12.4. The van der Waals surface area contributed by atoms with E-state index in [9.17, 15) is 55.0 Å². The number of hydrogen-bond donors (Lipinski definition) is 3. The number of amides is 1. The van der Waals surface area contributed by atoms with Crippen molar-refractivity contribution in [1.29, 1.82) is 5.26 Å². The van der Waals surface area contributed by atoms with E-state index >= 15 is 0 Å². The number of halogens is 6. The summed E-state index contributed by atoms with van der Waals surface area (Å²) in [7, 11) is -5.17. The summed E-state index contributed by atoms with van der Waals surface area (Å²) in [5.41, 5.74) is -7.39. The van der Waals surface area contributed by atoms with Gasteiger partial charge in [0.15, 0.2) is 21.5 Å². The zero-order chi connectivity index (χ0) is 32.4. The van der Waals surface area contributed by atoms with Crippen LogP contribution in [0.1, 0.15) is 37.9 Å². The number of benzene rings is 4. The topological polar surface area (TPSA) is 127 Å². The summed E-state index contributed by atoms with van der Waals surface area (Å²) >= 11 is 0. The van der Waals surface area contributed by atoms with Gasteiger partial charge in [0.1, 0.15) is 22.4 Å². The zero-order valence-corrected chi connectivity index (χ0v) is 22.9. The van der Waals surface area contributed by atoms with Crippen LogP contribution in [0.5, 0.6) is 5.75 Å². The second kappa shape index (κ2) is 12.0. The fourth-order valence-corrected chi connectivity index (χ4v) is 6.69. The molecule has 4 aromatic carbocycles. The van der Waals surface area contributed by atoms with Crippen LogP contribution in [0.4, 0.5) is 26.3 Å². The normalized spacial score (nSPS) is 13.9. The molecular weight excluding hydrogens is 614 g/mol. The highest BCUT2D eigenvalue weighted by Crippen LogP contribution is 2.46. The predicted molar refractivity (Wildman–Crippen MR) is 143 cm³/mol. The third kappa shape index (κ3) is 6.24. The van der Waals surface area contributed by atoms with Crippen LogP contribution < -0.4 is 5.32 Å². The molecule has 0 heterocycles. The Kier molecular flexibility index (Phi) is 8.76. The van der Waals surface area contributed by atoms with Crippen LogP contribution in [0.15, 0.2) is 89.8 Å². The number of aliphatic hydroxyl groups is 1. The van der Waals surface area contributed by atoms with Gasteiger partial charge in [0, 0.05) is 0 Å². The molecular formula is C30H20F6N2O5S. The van der Waals surface area contributed by atoms with Crippen molar-refractivity contribution in [2.45, 2.75) is 21.9 Å². The Hall–Kier alpha value is -4.87. The Morgan fingerprint density at radius 2 is 1.61 bits per heavy atom. The molecule has 4 rings (SSSR count). The zero-order valence-electron chi connectivity index (χ0n) is 22.1. The van der Waals surface area contributed by atoms with Crippen LogP contribution in [-0.4, -0.2) is 31.1 Å². The number of sulfone groups is 1. The summed E-state index contributed by atoms with van der Waals surface area (Å²) < 4.78 is 113. The van der Waals surface area contributed by atoms with Gasteiger partial charge in [-0.3, -0.25) is 4.79 Å². The highest BCUT2D eigenvalue weighted by atomic mass is 32.2. The summed E-state index contributed by atoms with van der Waals surface area (Å²) in [5, 5.41) is 31.1. The van der Waals surface area contributed by atoms with Crippen molar-refractivity contribution in [3.8, 4) is 11.8 Å². The van der Waals surface area contributed by atoms with Crippen LogP contribution in [-0.2, 0) is 21.6 Å². The van der Waals surface area contributed by atoms with Crippen molar-refractivity contribution in [2.24, 2.45) is 0 Å². The molecule has 0 aromatic heterocycles. The van der Waals surface area contributed by atoms with Crippen molar-refractivity contribution in [3.05, 3.63) is 130 Å². The molecule has 0 aliphatic heterocycles. The van der Waals surface area contributed by atoms with Crippen molar-refractivity contribution in [3.63, 3.8) is 0 Å². The number of nitrogens with zero attached hydrogens (tertiary/aromatic N) is 1. The van der Waals surface area contributed by atoms with Gasteiger partial charge < -0.3 is 15.5 Å². The van der Waals surface area contributed by atoms with Gasteiger partial charge in [-0.15, -0.1) is 0 Å². The Morgan fingerprint density at radius 3 is 2.23 bits per heavy atom. The minimum absolute atomic E-state index is 0.287. The van der Waals surface area contributed by atoms with Gasteiger partial charge in [-0.05, 0) is 65.7 Å². The van der Waals surface area contributed by atoms with E-state index in [1.165, 1.54) is 24.3 Å². The van der Waals surface area contributed by atoms with E-state index in [1.807, 2.05) is 0 Å². The van der Waals surface area contributed by atoms with Crippen molar-refractivity contribution >= 4 is 15.7 Å². The lowest BCUT2D eigenvalue weighted by molar-refractivity contribution is -0.137. The summed E-state index contributed by atoms with van der Waals surface area (Å²) in [6, 6.07) is 13.1. The summed E-state index contributed by atoms with van der Waals surface area (Å²) in [4.78, 5) is 12.1. The highest BCUT2D eigenvalue weighted by molar-refractivity contribution is 7.91. The van der Waals surface area contributed by atoms with Gasteiger partial charge in [-0.25, -0.2) is 21.6 Å². The molecule has 2 atom stereocenters. The molecule has 0 saturated carbocycles. The number of phenolic OH excluding ortho intramolecular Hbond substituents is 1. The lowest BCUT2D eigenvalue weighted by atomic mass is 9.85. The Labute approximate surface area is 246 Å². The molecule has 3 N–H and O–H groups in total. The first kappa shape index (κ1) is 32.1. The molecule has 0 aliphatic carbocycles. The van der Waals surface area contributed by atoms with Crippen LogP contribution in [0.25, 0.3) is 0 Å². The number of nitrogens with one attached hydrogen (secondary N) is 1. The number of rotatable bonds is 8. The maximum Gasteiger partial charge on any atom is 0.417 e. The number of aromatic hydroxyl groups is 1. The lowest BCUT2D eigenvalue weighted by Gasteiger charge is -2.37. The minimum atomic E-state index is -5.19. The average molecular weight is 635 g/mol. The number of hydrogen-bond acceptors (Lipinski definition) is 6. The maximum atomic E-state index is 14.5. The number of phenols is 1. The van der Waals surface area contributed by atoms with Gasteiger partial charge >= 0.3 is 6.18 Å². The second-order valence-corrected chi connectivity index (χ2v) is 11.6. The van der Waals surface area contributed by atoms with Crippen molar-refractivity contribution in [2.75, 3.05) is 6.54 Å². The van der Waals surface area contributed by atoms with Crippen molar-refractivity contribution < 1.29 is 49.8 Å². The number of carbonyl (C=O) groups excluding carboxylic acids is 1. The van der Waals surface area contributed by atoms with E-state index in [2.05, 4.69) is 5.32 Å². The molecule has 1 amide bonds. The minimum Gasteiger partial charge on any atom is -0.507 e. The Morgan fingerprint density at radius 1 is 0.909 bits per heavy atom. The highest BCUT2D eigenvalue weighted by Gasteiger charge is 2.49. The second-order valence-electron chi connectivity index (χ2n) is 9.55. The van der Waals surface area contributed by atoms with Crippen molar-refractivity contribution in [1.82, 2.24) is 5.32 Å². The third-order valence-corrected chi connectivity index (χ3v) is 8.92. The Bertz CT molecular complexity index is 1890. The first-order chi connectivity index (χ1) is 20.6. The van der Waals surface area contributed by atoms with Gasteiger partial charge in [-0.2, -0.15) is 18.4 Å². The monoisotopic (exact) mass is 634 g/mol. The van der Waals surface area contributed by atoms with Gasteiger partial charge in [0.05, 0.1) is 34.2 Å². The predicted octanol–water partition coefficient (Wildman–Crippen LogP) is 5.53. The van der Waals surface area contributed by atoms with E-state index in [-0.39, 0.29) is 11.6 Å². The summed E-state index contributed by atoms with van der Waals surface area (Å²) in [5.74, 6) is -5.67. The molecule has 0 bridgehead atoms. The molecule has 0 radical (unpaired) electrons. The van der Waals surface area contributed by atoms with E-state index in [1.54, 1.807) is 0 Å². The summed E-state index contributed by atoms with van der Waals surface area (Å²) in [6.07, 6.45) is -5.19. The van der Waals surface area contributed by atoms with E-state index < -0.39 is 89.7 Å². The van der Waals surface area contributed by atoms with Gasteiger partial charge in [-0.1, -0.05) is 30.3 Å². The fourth-order valence-electron chi connectivity index (χ4n) is 4.64. The molecule has 7 nitrogen and oxygen atoms in total. The fraction of sp³-hybridized carbons (Fsp3) is 0.133. The molecule has 0 spiro atoms. The van der Waals surface area contributed by atoms with Crippen LogP contribution in [0.2, 0.25) is 0 Å². The number of alkyl halides is 3. The lowest BCUT2D eigenvalue weighted by Crippen LogP contribution is -2.47. The third-order valence-electron chi connectivity index (χ3n) is 6.73. The molecule has 4 aromatic rings. The number of carbonyl (C=O) groups is 1. The Balaban J connectivity index is 2.02. The molecule has 2 unspecified atom stereocenters. The average Bonchev–Trinajstić information content (AvgIpc) is 2.97. The van der Waals surface area contributed by atoms with Crippen LogP contribution in [0.3, 0.4) is 0 Å². The number of para-hydroxylation sites is 1. The van der Waals surface area contributed by atoms with E-state index in [0.29, 0.717) is 24.3 Å². The molecule has 44 heavy (non-hydrogen) atoms. The molecule has 0 fully saturated rings. The van der Waals surface area contributed by atoms with E-state index in [4.69, 9.17) is 0 Å². The molecule has 14 heteroatoms. The van der Waals surface area contributed by atoms with Crippen LogP contribution >= 0.6 is 0 Å². The molecule has 0 saturated heterocycles. The largest absolute Gasteiger partial charge is 0.507 e. The van der Waals surface area contributed by atoms with Gasteiger partial charge in [0.25, 0.3) is 5.91 Å². The van der Waals surface area contributed by atoms with Crippen LogP contribution in [0, 0.1) is 28.8 Å². The molecule has 0 aliphatic rings. The molecule has 228 valence electrons. The standard InChI is InChI=1S/C30H20F6N2O5S/c31-20-4-3-5-21(14-20)44(42,43)27(17-8-9-18(15-37)23(12-17)30(34,35)36)29(41,19-10-11-24(32)25(33)13-19)16-38-28(40)22-6-1-2-7-26(22)39/h1-14,27,39,41H,16H2,(H,38,40). The van der Waals surface area contributed by atoms with Gasteiger partial charge in [0.2, 0.25) is 0 Å². The number of nitriles is 1. The smallest absolute Gasteiger partial charge is 0.417 e. The quantitative estimate of drug-likeness (QED) is 0.219. The van der Waals surface area contributed by atoms with E-state index in [0.717, 1.165) is 36.4 Å². The first-order valence-corrected chi connectivity index (χ1v) is 14.0. The SMILES string of the molecule is N#Cc1ccc(C(C(O)(CNC(=O)c2ccccc2O)c2ccc(F)c(F)c2)S(=O)(=O)c2cccc(F)c2)cc1C(F)(F)F.